The van der Waals surface area contributed by atoms with Crippen LogP contribution in [0.1, 0.15) is 357 Å². The first kappa shape index (κ1) is 89.1. The quantitative estimate of drug-likeness (QED) is 0.0222. The second-order valence-corrected chi connectivity index (χ2v) is 30.6. The summed E-state index contributed by atoms with van der Waals surface area (Å²) in [7, 11) is -9.90. The van der Waals surface area contributed by atoms with Crippen LogP contribution < -0.4 is 0 Å². The van der Waals surface area contributed by atoms with Gasteiger partial charge in [0.2, 0.25) is 0 Å². The van der Waals surface area contributed by atoms with Gasteiger partial charge in [-0.15, -0.1) is 0 Å². The van der Waals surface area contributed by atoms with Crippen molar-refractivity contribution in [3.8, 4) is 0 Å². The van der Waals surface area contributed by atoms with Gasteiger partial charge in [-0.25, -0.2) is 9.13 Å². The van der Waals surface area contributed by atoms with E-state index in [1.165, 1.54) is 154 Å². The lowest BCUT2D eigenvalue weighted by Crippen LogP contribution is -2.30. The van der Waals surface area contributed by atoms with Crippen molar-refractivity contribution in [2.75, 3.05) is 39.6 Å². The van der Waals surface area contributed by atoms with E-state index in [0.29, 0.717) is 31.6 Å². The van der Waals surface area contributed by atoms with Crippen LogP contribution in [0.2, 0.25) is 0 Å². The molecule has 0 bridgehead atoms. The molecule has 0 saturated carbocycles. The van der Waals surface area contributed by atoms with Crippen molar-refractivity contribution in [3.05, 3.63) is 0 Å². The molecule has 0 fully saturated rings. The molecule has 0 aromatic heterocycles. The largest absolute Gasteiger partial charge is 0.472 e. The Balaban J connectivity index is 5.13. The molecule has 6 atom stereocenters. The number of hydrogen-bond donors (Lipinski definition) is 3. The van der Waals surface area contributed by atoms with E-state index in [9.17, 15) is 43.2 Å². The zero-order valence-corrected chi connectivity index (χ0v) is 61.3. The van der Waals surface area contributed by atoms with E-state index in [-0.39, 0.29) is 25.7 Å². The van der Waals surface area contributed by atoms with E-state index >= 15 is 0 Å². The highest BCUT2D eigenvalue weighted by molar-refractivity contribution is 7.47. The first-order valence-corrected chi connectivity index (χ1v) is 40.2. The lowest BCUT2D eigenvalue weighted by molar-refractivity contribution is -0.161. The maximum absolute atomic E-state index is 13.0. The zero-order chi connectivity index (χ0) is 67.5. The fourth-order valence-corrected chi connectivity index (χ4v) is 12.4. The SMILES string of the molecule is CCC(C)CCCCCCCCC(=O)O[C@H](COC(=O)CCCCCCCCCCCCCCCCCCCCC(C)C)COP(=O)(O)OC[C@@H](O)COP(=O)(O)OC[C@@H](COC(=O)CCCCCCCCC(C)C)OC(=O)CCCCCCCCCCC(C)C. The highest BCUT2D eigenvalue weighted by Crippen LogP contribution is 2.45. The third-order valence-corrected chi connectivity index (χ3v) is 18.8. The molecule has 0 rings (SSSR count). The highest BCUT2D eigenvalue weighted by Gasteiger charge is 2.30. The van der Waals surface area contributed by atoms with E-state index in [0.717, 1.165) is 114 Å². The summed E-state index contributed by atoms with van der Waals surface area (Å²) in [5, 5.41) is 10.6. The number of carbonyl (C=O) groups is 4. The molecular formula is C72H140O17P2. The number of unbranched alkanes of at least 4 members (excludes halogenated alkanes) is 34. The molecule has 0 aliphatic heterocycles. The zero-order valence-electron chi connectivity index (χ0n) is 59.5. The topological polar surface area (TPSA) is 237 Å². The fraction of sp³-hybridized carbons (Fsp3) is 0.944. The van der Waals surface area contributed by atoms with Crippen LogP contribution in [-0.4, -0.2) is 96.7 Å². The van der Waals surface area contributed by atoms with Crippen LogP contribution in [0, 0.1) is 23.7 Å². The maximum atomic E-state index is 13.0. The minimum Gasteiger partial charge on any atom is -0.462 e. The Labute approximate surface area is 556 Å². The molecule has 0 heterocycles. The normalized spacial score (nSPS) is 14.5. The number of phosphoric acid groups is 2. The number of ether oxygens (including phenoxy) is 4. The molecule has 540 valence electrons. The molecule has 0 radical (unpaired) electrons. The minimum absolute atomic E-state index is 0.103. The van der Waals surface area contributed by atoms with Crippen LogP contribution >= 0.6 is 15.6 Å². The number of carbonyl (C=O) groups excluding carboxylic acids is 4. The number of rotatable bonds is 69. The summed E-state index contributed by atoms with van der Waals surface area (Å²) >= 11 is 0. The lowest BCUT2D eigenvalue weighted by Gasteiger charge is -2.21. The van der Waals surface area contributed by atoms with E-state index in [1.54, 1.807) is 0 Å². The summed E-state index contributed by atoms with van der Waals surface area (Å²) in [6.45, 7) is 14.0. The second kappa shape index (κ2) is 61.6. The number of aliphatic hydroxyl groups excluding tert-OH is 1. The van der Waals surface area contributed by atoms with Crippen LogP contribution in [0.15, 0.2) is 0 Å². The van der Waals surface area contributed by atoms with Crippen LogP contribution in [0.25, 0.3) is 0 Å². The van der Waals surface area contributed by atoms with Crippen molar-refractivity contribution >= 4 is 39.5 Å². The van der Waals surface area contributed by atoms with E-state index in [4.69, 9.17) is 37.0 Å². The average Bonchev–Trinajstić information content (AvgIpc) is 2.77. The lowest BCUT2D eigenvalue weighted by atomic mass is 10.00. The predicted molar refractivity (Wildman–Crippen MR) is 367 cm³/mol. The van der Waals surface area contributed by atoms with Gasteiger partial charge < -0.3 is 33.8 Å². The smallest absolute Gasteiger partial charge is 0.462 e. The summed E-state index contributed by atoms with van der Waals surface area (Å²) in [5.41, 5.74) is 0. The monoisotopic (exact) mass is 1340 g/mol. The molecule has 3 unspecified atom stereocenters. The van der Waals surface area contributed by atoms with Crippen molar-refractivity contribution in [2.24, 2.45) is 23.7 Å². The number of phosphoric ester groups is 2. The highest BCUT2D eigenvalue weighted by atomic mass is 31.2. The van der Waals surface area contributed by atoms with Crippen LogP contribution in [0.4, 0.5) is 0 Å². The molecule has 17 nitrogen and oxygen atoms in total. The Bertz CT molecular complexity index is 1800. The third-order valence-electron chi connectivity index (χ3n) is 16.9. The fourth-order valence-electron chi connectivity index (χ4n) is 10.8. The summed E-state index contributed by atoms with van der Waals surface area (Å²) in [6.07, 6.45) is 44.9. The molecule has 0 aromatic rings. The predicted octanol–water partition coefficient (Wildman–Crippen LogP) is 20.5. The molecule has 0 aromatic carbocycles. The van der Waals surface area contributed by atoms with Crippen molar-refractivity contribution in [3.63, 3.8) is 0 Å². The van der Waals surface area contributed by atoms with Crippen molar-refractivity contribution in [1.29, 1.82) is 0 Å². The van der Waals surface area contributed by atoms with Crippen molar-refractivity contribution in [1.82, 2.24) is 0 Å². The Morgan fingerprint density at radius 3 is 0.780 bits per heavy atom. The molecule has 0 spiro atoms. The molecule has 0 aliphatic rings. The number of aliphatic hydroxyl groups is 1. The van der Waals surface area contributed by atoms with Gasteiger partial charge in [-0.2, -0.15) is 0 Å². The number of hydrogen-bond acceptors (Lipinski definition) is 15. The summed E-state index contributed by atoms with van der Waals surface area (Å²) < 4.78 is 68.2. The molecule has 0 aliphatic carbocycles. The van der Waals surface area contributed by atoms with Gasteiger partial charge in [0.1, 0.15) is 19.3 Å². The Kier molecular flexibility index (Phi) is 60.3. The average molecular weight is 1340 g/mol. The number of esters is 4. The third kappa shape index (κ3) is 65.1. The van der Waals surface area contributed by atoms with Gasteiger partial charge in [-0.1, -0.05) is 306 Å². The maximum Gasteiger partial charge on any atom is 0.472 e. The first-order valence-electron chi connectivity index (χ1n) is 37.2. The van der Waals surface area contributed by atoms with Gasteiger partial charge in [0, 0.05) is 25.7 Å². The van der Waals surface area contributed by atoms with E-state index in [2.05, 4.69) is 55.4 Å². The van der Waals surface area contributed by atoms with Crippen molar-refractivity contribution < 1.29 is 80.2 Å². The van der Waals surface area contributed by atoms with Gasteiger partial charge in [0.25, 0.3) is 0 Å². The Morgan fingerprint density at radius 2 is 0.527 bits per heavy atom. The standard InChI is InChI=1S/C72H140O17P2/c1-9-65(8)51-43-35-29-31-39-47-55-72(77)89-68(58-82-69(74)52-44-36-26-21-19-17-15-13-11-10-12-14-16-18-20-24-32-40-48-62(2)3)61-87-91(80,81)85-57-66(73)56-84-90(78,79)86-60-67(59-83-70(75)53-45-37-30-28-34-42-50-64(6)7)88-71(76)54-46-38-27-23-22-25-33-41-49-63(4)5/h62-68,73H,9-61H2,1-8H3,(H,78,79)(H,80,81)/t65?,66-,67+,68+/m0/s1. The molecule has 0 amide bonds. The minimum atomic E-state index is -4.95. The van der Waals surface area contributed by atoms with Crippen LogP contribution in [0.3, 0.4) is 0 Å². The summed E-state index contributed by atoms with van der Waals surface area (Å²) in [4.78, 5) is 72.5. The summed E-state index contributed by atoms with van der Waals surface area (Å²) in [6, 6.07) is 0. The molecule has 0 saturated heterocycles. The second-order valence-electron chi connectivity index (χ2n) is 27.6. The molecular weight excluding hydrogens is 1200 g/mol. The first-order chi connectivity index (χ1) is 43.6. The van der Waals surface area contributed by atoms with Crippen LogP contribution in [-0.2, 0) is 65.4 Å². The molecule has 19 heteroatoms. The molecule has 91 heavy (non-hydrogen) atoms. The van der Waals surface area contributed by atoms with Gasteiger partial charge in [0.15, 0.2) is 12.2 Å². The van der Waals surface area contributed by atoms with Gasteiger partial charge in [-0.05, 0) is 49.4 Å². The Morgan fingerprint density at radius 1 is 0.308 bits per heavy atom. The van der Waals surface area contributed by atoms with Gasteiger partial charge >= 0.3 is 39.5 Å². The van der Waals surface area contributed by atoms with E-state index < -0.39 is 97.5 Å². The van der Waals surface area contributed by atoms with Crippen molar-refractivity contribution in [2.45, 2.75) is 375 Å². The molecule has 3 N–H and O–H groups in total. The van der Waals surface area contributed by atoms with Crippen LogP contribution in [0.5, 0.6) is 0 Å². The van der Waals surface area contributed by atoms with Gasteiger partial charge in [-0.3, -0.25) is 37.3 Å². The van der Waals surface area contributed by atoms with E-state index in [1.807, 2.05) is 0 Å². The van der Waals surface area contributed by atoms with Gasteiger partial charge in [0.05, 0.1) is 26.4 Å². The Hall–Kier alpha value is -1.94. The summed E-state index contributed by atoms with van der Waals surface area (Å²) in [5.74, 6) is 0.807.